The van der Waals surface area contributed by atoms with E-state index in [1.165, 1.54) is 52.3 Å². The Morgan fingerprint density at radius 2 is 1.53 bits per heavy atom. The molecule has 0 unspecified atom stereocenters. The Morgan fingerprint density at radius 3 is 2.33 bits per heavy atom. The van der Waals surface area contributed by atoms with Gasteiger partial charge in [-0.15, -0.1) is 0 Å². The van der Waals surface area contributed by atoms with E-state index < -0.39 is 0 Å². The molecule has 4 aromatic carbocycles. The highest BCUT2D eigenvalue weighted by Crippen LogP contribution is 2.37. The Kier molecular flexibility index (Phi) is 8.85. The lowest BCUT2D eigenvalue weighted by molar-refractivity contribution is 0.411. The molecular weight excluding hydrogens is 601 g/mol. The van der Waals surface area contributed by atoms with Gasteiger partial charge in [0.2, 0.25) is 0 Å². The van der Waals surface area contributed by atoms with Crippen LogP contribution < -0.4 is 4.74 Å². The van der Waals surface area contributed by atoms with Crippen LogP contribution in [0.15, 0.2) is 109 Å². The number of fused-ring (bicyclic) bond motifs is 3. The summed E-state index contributed by atoms with van der Waals surface area (Å²) in [5.74, 6) is 2.47. The first kappa shape index (κ1) is 32.4. The monoisotopic (exact) mass is 646 g/mol. The Morgan fingerprint density at radius 1 is 0.714 bits per heavy atom. The lowest BCUT2D eigenvalue weighted by Gasteiger charge is -2.18. The summed E-state index contributed by atoms with van der Waals surface area (Å²) in [6.07, 6.45) is 7.70. The number of unbranched alkanes of at least 4 members (excludes halogenated alkanes) is 2. The zero-order valence-corrected chi connectivity index (χ0v) is 29.6. The molecule has 0 aliphatic rings. The molecule has 0 aliphatic heterocycles. The van der Waals surface area contributed by atoms with E-state index in [0.29, 0.717) is 0 Å². The van der Waals surface area contributed by atoms with Gasteiger partial charge < -0.3 is 4.74 Å². The molecule has 7 aromatic rings. The zero-order valence-electron chi connectivity index (χ0n) is 29.6. The number of aromatic nitrogens is 4. The molecule has 0 radical (unpaired) electrons. The lowest BCUT2D eigenvalue weighted by Crippen LogP contribution is -2.10. The molecular formula is C44H46N4O. The highest BCUT2D eigenvalue weighted by molar-refractivity contribution is 6.09. The Labute approximate surface area is 290 Å². The Balaban J connectivity index is 1.28. The third-order valence-corrected chi connectivity index (χ3v) is 9.30. The van der Waals surface area contributed by atoms with E-state index in [1.807, 2.05) is 29.1 Å². The number of hydrogen-bond donors (Lipinski definition) is 0. The number of benzene rings is 4. The summed E-state index contributed by atoms with van der Waals surface area (Å²) in [6.45, 7) is 13.3. The van der Waals surface area contributed by atoms with Crippen molar-refractivity contribution in [3.8, 4) is 34.1 Å². The molecule has 0 N–H and O–H groups in total. The molecule has 7 rings (SSSR count). The molecule has 5 heteroatoms. The van der Waals surface area contributed by atoms with Gasteiger partial charge in [0.1, 0.15) is 17.3 Å². The molecule has 3 heterocycles. The van der Waals surface area contributed by atoms with Gasteiger partial charge in [-0.05, 0) is 104 Å². The molecule has 5 nitrogen and oxygen atoms in total. The van der Waals surface area contributed by atoms with E-state index in [9.17, 15) is 0 Å². The lowest BCUT2D eigenvalue weighted by atomic mass is 9.88. The van der Waals surface area contributed by atoms with Gasteiger partial charge in [-0.2, -0.15) is 5.10 Å². The first-order valence-corrected chi connectivity index (χ1v) is 17.6. The minimum Gasteiger partial charge on any atom is -0.457 e. The molecule has 0 aliphatic carbocycles. The topological polar surface area (TPSA) is 44.9 Å². The van der Waals surface area contributed by atoms with Crippen LogP contribution in [0, 0.1) is 19.3 Å². The third-order valence-electron chi connectivity index (χ3n) is 9.30. The first-order chi connectivity index (χ1) is 23.7. The van der Waals surface area contributed by atoms with Crippen LogP contribution in [0.4, 0.5) is 0 Å². The molecule has 49 heavy (non-hydrogen) atoms. The maximum absolute atomic E-state index is 6.60. The second-order valence-corrected chi connectivity index (χ2v) is 14.5. The average Bonchev–Trinajstić information content (AvgIpc) is 3.57. The molecule has 248 valence electrons. The normalized spacial score (nSPS) is 11.9. The minimum atomic E-state index is 0.179. The molecule has 3 aromatic heterocycles. The van der Waals surface area contributed by atoms with E-state index in [1.54, 1.807) is 0 Å². The molecule has 0 spiro atoms. The molecule has 0 bridgehead atoms. The summed E-state index contributed by atoms with van der Waals surface area (Å²) >= 11 is 0. The maximum atomic E-state index is 6.60. The number of hydrogen-bond acceptors (Lipinski definition) is 3. The van der Waals surface area contributed by atoms with Crippen molar-refractivity contribution in [1.29, 1.82) is 0 Å². The van der Waals surface area contributed by atoms with E-state index in [0.717, 1.165) is 58.3 Å². The van der Waals surface area contributed by atoms with Crippen molar-refractivity contribution in [3.05, 3.63) is 132 Å². The van der Waals surface area contributed by atoms with Crippen LogP contribution in [-0.2, 0) is 12.8 Å². The van der Waals surface area contributed by atoms with Crippen LogP contribution in [0.2, 0.25) is 0 Å². The van der Waals surface area contributed by atoms with Crippen molar-refractivity contribution in [3.63, 3.8) is 0 Å². The van der Waals surface area contributed by atoms with Crippen LogP contribution in [0.3, 0.4) is 0 Å². The summed E-state index contributed by atoms with van der Waals surface area (Å²) in [5.41, 5.74) is 10.5. The van der Waals surface area contributed by atoms with E-state index in [-0.39, 0.29) is 5.41 Å². The standard InChI is InChI=1S/C44H46N4O/c1-7-8-10-14-32-19-22-40-39(25-32)38-21-20-37(28-41(38)47(40)42-26-33(23-24-45-42)29-44(4,5)6)49-36-18-13-17-35(27-36)48-31(3)43(30(2)46-48)34-15-11-9-12-16-34/h9,11-13,15-28H,7-8,10,14,29H2,1-6H3. The summed E-state index contributed by atoms with van der Waals surface area (Å²) in [4.78, 5) is 4.91. The van der Waals surface area contributed by atoms with Crippen molar-refractivity contribution in [2.24, 2.45) is 5.41 Å². The van der Waals surface area contributed by atoms with Gasteiger partial charge in [-0.3, -0.25) is 4.57 Å². The van der Waals surface area contributed by atoms with Crippen LogP contribution >= 0.6 is 0 Å². The van der Waals surface area contributed by atoms with Gasteiger partial charge >= 0.3 is 0 Å². The van der Waals surface area contributed by atoms with Crippen LogP contribution in [-0.4, -0.2) is 19.3 Å². The maximum Gasteiger partial charge on any atom is 0.137 e. The summed E-state index contributed by atoms with van der Waals surface area (Å²) in [7, 11) is 0. The van der Waals surface area contributed by atoms with Crippen LogP contribution in [0.5, 0.6) is 11.5 Å². The Bertz CT molecular complexity index is 2250. The average molecular weight is 647 g/mol. The minimum absolute atomic E-state index is 0.179. The van der Waals surface area contributed by atoms with Gasteiger partial charge in [0.15, 0.2) is 0 Å². The van der Waals surface area contributed by atoms with E-state index >= 15 is 0 Å². The van der Waals surface area contributed by atoms with Crippen LogP contribution in [0.1, 0.15) is 69.5 Å². The van der Waals surface area contributed by atoms with Gasteiger partial charge in [0, 0.05) is 40.4 Å². The molecule has 0 fully saturated rings. The van der Waals surface area contributed by atoms with Crippen molar-refractivity contribution < 1.29 is 4.74 Å². The third kappa shape index (κ3) is 6.76. The fourth-order valence-electron chi connectivity index (χ4n) is 7.13. The highest BCUT2D eigenvalue weighted by atomic mass is 16.5. The molecule has 0 saturated heterocycles. The fourth-order valence-corrected chi connectivity index (χ4v) is 7.13. The quantitative estimate of drug-likeness (QED) is 0.139. The number of pyridine rings is 1. The first-order valence-electron chi connectivity index (χ1n) is 17.6. The summed E-state index contributed by atoms with van der Waals surface area (Å²) < 4.78 is 10.9. The number of rotatable bonds is 10. The predicted molar refractivity (Wildman–Crippen MR) is 204 cm³/mol. The SMILES string of the molecule is CCCCCc1ccc2c(c1)c1ccc(Oc3cccc(-n4nc(C)c(-c5ccccc5)c4C)c3)cc1n2-c1cc(CC(C)(C)C)ccn1. The summed E-state index contributed by atoms with van der Waals surface area (Å²) in [6, 6.07) is 36.4. The largest absolute Gasteiger partial charge is 0.457 e. The fraction of sp³-hybridized carbons (Fsp3) is 0.273. The van der Waals surface area contributed by atoms with Gasteiger partial charge in [0.25, 0.3) is 0 Å². The van der Waals surface area contributed by atoms with Crippen molar-refractivity contribution in [1.82, 2.24) is 19.3 Å². The highest BCUT2D eigenvalue weighted by Gasteiger charge is 2.18. The van der Waals surface area contributed by atoms with Gasteiger partial charge in [0.05, 0.1) is 22.4 Å². The number of aryl methyl sites for hydroxylation is 2. The summed E-state index contributed by atoms with van der Waals surface area (Å²) in [5, 5.41) is 7.38. The molecule has 0 atom stereocenters. The predicted octanol–water partition coefficient (Wildman–Crippen LogP) is 11.8. The van der Waals surface area contributed by atoms with Gasteiger partial charge in [-0.1, -0.05) is 83.0 Å². The van der Waals surface area contributed by atoms with Gasteiger partial charge in [-0.25, -0.2) is 9.67 Å². The van der Waals surface area contributed by atoms with Crippen LogP contribution in [0.25, 0.3) is 44.4 Å². The smallest absolute Gasteiger partial charge is 0.137 e. The van der Waals surface area contributed by atoms with Crippen molar-refractivity contribution in [2.75, 3.05) is 0 Å². The van der Waals surface area contributed by atoms with Crippen molar-refractivity contribution in [2.45, 2.75) is 73.6 Å². The number of ether oxygens (including phenoxy) is 1. The second-order valence-electron chi connectivity index (χ2n) is 14.5. The van der Waals surface area contributed by atoms with E-state index in [2.05, 4.69) is 131 Å². The molecule has 0 saturated carbocycles. The van der Waals surface area contributed by atoms with E-state index in [4.69, 9.17) is 14.8 Å². The van der Waals surface area contributed by atoms with Crippen molar-refractivity contribution >= 4 is 21.8 Å². The molecule has 0 amide bonds. The zero-order chi connectivity index (χ0) is 34.1. The number of nitrogens with zero attached hydrogens (tertiary/aromatic N) is 4. The second kappa shape index (κ2) is 13.4. The Hall–Kier alpha value is -5.16.